The highest BCUT2D eigenvalue weighted by atomic mass is 35.5. The van der Waals surface area contributed by atoms with Crippen molar-refractivity contribution in [1.29, 1.82) is 0 Å². The standard InChI is InChI=1S/C18H15ClN4O3/c19-11-5-6-13-15(7-11)21-10-23(18(13)26)9-17(25)22-14-4-2-1-3-12(14)16(24)8-20/h1-7,10H,8-9,20H2,(H,22,25). The van der Waals surface area contributed by atoms with Crippen LogP contribution in [0, 0.1) is 0 Å². The Hall–Kier alpha value is -3.03. The molecule has 8 heteroatoms. The number of aromatic nitrogens is 2. The topological polar surface area (TPSA) is 107 Å². The maximum atomic E-state index is 12.5. The predicted octanol–water partition coefficient (Wildman–Crippen LogP) is 1.83. The first-order valence-electron chi connectivity index (χ1n) is 7.76. The fourth-order valence-electron chi connectivity index (χ4n) is 2.53. The van der Waals surface area contributed by atoms with Crippen LogP contribution in [0.3, 0.4) is 0 Å². The first-order chi connectivity index (χ1) is 12.5. The highest BCUT2D eigenvalue weighted by Gasteiger charge is 2.13. The number of carbonyl (C=O) groups is 2. The highest BCUT2D eigenvalue weighted by Crippen LogP contribution is 2.16. The maximum Gasteiger partial charge on any atom is 0.261 e. The third-order valence-corrected chi connectivity index (χ3v) is 4.02. The van der Waals surface area contributed by atoms with E-state index in [1.54, 1.807) is 42.5 Å². The van der Waals surface area contributed by atoms with Gasteiger partial charge < -0.3 is 11.1 Å². The summed E-state index contributed by atoms with van der Waals surface area (Å²) in [6.07, 6.45) is 1.29. The lowest BCUT2D eigenvalue weighted by Gasteiger charge is -2.11. The number of benzene rings is 2. The van der Waals surface area contributed by atoms with Gasteiger partial charge in [0, 0.05) is 10.6 Å². The first kappa shape index (κ1) is 17.8. The van der Waals surface area contributed by atoms with Crippen LogP contribution in [0.1, 0.15) is 10.4 Å². The number of carbonyl (C=O) groups excluding carboxylic acids is 2. The molecule has 0 fully saturated rings. The summed E-state index contributed by atoms with van der Waals surface area (Å²) in [4.78, 5) is 40.8. The number of nitrogens with one attached hydrogen (secondary N) is 1. The maximum absolute atomic E-state index is 12.5. The summed E-state index contributed by atoms with van der Waals surface area (Å²) in [5, 5.41) is 3.47. The molecule has 0 saturated heterocycles. The smallest absolute Gasteiger partial charge is 0.261 e. The predicted molar refractivity (Wildman–Crippen MR) is 99.5 cm³/mol. The van der Waals surface area contributed by atoms with Crippen molar-refractivity contribution in [2.45, 2.75) is 6.54 Å². The van der Waals surface area contributed by atoms with Crippen molar-refractivity contribution in [2.75, 3.05) is 11.9 Å². The molecule has 0 aliphatic rings. The van der Waals surface area contributed by atoms with E-state index in [1.807, 2.05) is 0 Å². The van der Waals surface area contributed by atoms with Crippen LogP contribution in [0.25, 0.3) is 10.9 Å². The van der Waals surface area contributed by atoms with Crippen molar-refractivity contribution in [3.05, 3.63) is 69.7 Å². The van der Waals surface area contributed by atoms with Crippen LogP contribution < -0.4 is 16.6 Å². The van der Waals surface area contributed by atoms with Gasteiger partial charge in [-0.1, -0.05) is 23.7 Å². The molecule has 3 rings (SSSR count). The lowest BCUT2D eigenvalue weighted by atomic mass is 10.1. The van der Waals surface area contributed by atoms with Crippen molar-refractivity contribution in [3.63, 3.8) is 0 Å². The number of nitrogens with two attached hydrogens (primary N) is 1. The lowest BCUT2D eigenvalue weighted by molar-refractivity contribution is -0.116. The van der Waals surface area contributed by atoms with Crippen molar-refractivity contribution in [2.24, 2.45) is 5.73 Å². The van der Waals surface area contributed by atoms with Gasteiger partial charge in [0.25, 0.3) is 5.56 Å². The third kappa shape index (κ3) is 3.63. The van der Waals surface area contributed by atoms with Gasteiger partial charge in [0.1, 0.15) is 6.54 Å². The van der Waals surface area contributed by atoms with Crippen molar-refractivity contribution in [3.8, 4) is 0 Å². The lowest BCUT2D eigenvalue weighted by Crippen LogP contribution is -2.28. The van der Waals surface area contributed by atoms with E-state index >= 15 is 0 Å². The van der Waals surface area contributed by atoms with Crippen LogP contribution in [0.15, 0.2) is 53.6 Å². The first-order valence-corrected chi connectivity index (χ1v) is 8.14. The number of anilines is 1. The number of para-hydroxylation sites is 1. The van der Waals surface area contributed by atoms with E-state index in [2.05, 4.69) is 10.3 Å². The molecule has 0 saturated carbocycles. The number of halogens is 1. The van der Waals surface area contributed by atoms with Gasteiger partial charge in [-0.25, -0.2) is 4.98 Å². The van der Waals surface area contributed by atoms with E-state index in [0.717, 1.165) is 0 Å². The summed E-state index contributed by atoms with van der Waals surface area (Å²) in [7, 11) is 0. The second-order valence-corrected chi connectivity index (χ2v) is 6.00. The van der Waals surface area contributed by atoms with Crippen LogP contribution in [-0.4, -0.2) is 27.8 Å². The van der Waals surface area contributed by atoms with Gasteiger partial charge in [0.2, 0.25) is 5.91 Å². The molecule has 26 heavy (non-hydrogen) atoms. The molecule has 3 aromatic rings. The Balaban J connectivity index is 1.84. The van der Waals surface area contributed by atoms with Gasteiger partial charge in [-0.2, -0.15) is 0 Å². The van der Waals surface area contributed by atoms with E-state index in [1.165, 1.54) is 10.9 Å². The van der Waals surface area contributed by atoms with Crippen LogP contribution in [-0.2, 0) is 11.3 Å². The van der Waals surface area contributed by atoms with E-state index < -0.39 is 5.91 Å². The number of hydrogen-bond acceptors (Lipinski definition) is 5. The Morgan fingerprint density at radius 1 is 1.19 bits per heavy atom. The molecule has 1 aromatic heterocycles. The number of hydrogen-bond donors (Lipinski definition) is 2. The Bertz CT molecular complexity index is 1060. The molecule has 0 atom stereocenters. The summed E-state index contributed by atoms with van der Waals surface area (Å²) < 4.78 is 1.19. The van der Waals surface area contributed by atoms with E-state index in [9.17, 15) is 14.4 Å². The molecule has 2 aromatic carbocycles. The fraction of sp³-hybridized carbons (Fsp3) is 0.111. The number of nitrogens with zero attached hydrogens (tertiary/aromatic N) is 2. The molecule has 132 valence electrons. The Morgan fingerprint density at radius 2 is 1.96 bits per heavy atom. The molecular weight excluding hydrogens is 356 g/mol. The molecule has 1 amide bonds. The summed E-state index contributed by atoms with van der Waals surface area (Å²) in [5.74, 6) is -0.748. The van der Waals surface area contributed by atoms with Crippen molar-refractivity contribution < 1.29 is 9.59 Å². The molecule has 0 radical (unpaired) electrons. The number of fused-ring (bicyclic) bond motifs is 1. The van der Waals surface area contributed by atoms with Gasteiger partial charge in [-0.15, -0.1) is 0 Å². The van der Waals surface area contributed by atoms with Crippen molar-refractivity contribution in [1.82, 2.24) is 9.55 Å². The molecule has 0 aliphatic heterocycles. The van der Waals surface area contributed by atoms with E-state index in [4.69, 9.17) is 17.3 Å². The molecule has 3 N–H and O–H groups in total. The number of ketones is 1. The number of amides is 1. The molecule has 0 spiro atoms. The molecule has 0 unspecified atom stereocenters. The molecule has 0 bridgehead atoms. The summed E-state index contributed by atoms with van der Waals surface area (Å²) in [6, 6.07) is 11.3. The second-order valence-electron chi connectivity index (χ2n) is 5.56. The van der Waals surface area contributed by atoms with Gasteiger partial charge in [0.15, 0.2) is 5.78 Å². The zero-order chi connectivity index (χ0) is 18.7. The molecular formula is C18H15ClN4O3. The van der Waals surface area contributed by atoms with Gasteiger partial charge >= 0.3 is 0 Å². The fourth-order valence-corrected chi connectivity index (χ4v) is 2.70. The molecule has 0 aliphatic carbocycles. The summed E-state index contributed by atoms with van der Waals surface area (Å²) in [6.45, 7) is -0.404. The van der Waals surface area contributed by atoms with Crippen LogP contribution in [0.4, 0.5) is 5.69 Å². The number of rotatable bonds is 5. The molecule has 1 heterocycles. The molecule has 7 nitrogen and oxygen atoms in total. The second kappa shape index (κ2) is 7.47. The largest absolute Gasteiger partial charge is 0.324 e. The summed E-state index contributed by atoms with van der Waals surface area (Å²) >= 11 is 5.89. The van der Waals surface area contributed by atoms with Gasteiger partial charge in [0.05, 0.1) is 29.5 Å². The van der Waals surface area contributed by atoms with Gasteiger partial charge in [-0.05, 0) is 30.3 Å². The average molecular weight is 371 g/mol. The van der Waals surface area contributed by atoms with Crippen LogP contribution in [0.5, 0.6) is 0 Å². The Kier molecular flexibility index (Phi) is 5.11. The minimum absolute atomic E-state index is 0.163. The van der Waals surface area contributed by atoms with Crippen LogP contribution >= 0.6 is 11.6 Å². The minimum Gasteiger partial charge on any atom is -0.324 e. The zero-order valence-corrected chi connectivity index (χ0v) is 14.4. The highest BCUT2D eigenvalue weighted by molar-refractivity contribution is 6.31. The SMILES string of the molecule is NCC(=O)c1ccccc1NC(=O)Cn1cnc2cc(Cl)ccc2c1=O. The van der Waals surface area contributed by atoms with Gasteiger partial charge in [-0.3, -0.25) is 19.0 Å². The zero-order valence-electron chi connectivity index (χ0n) is 13.6. The third-order valence-electron chi connectivity index (χ3n) is 3.79. The minimum atomic E-state index is -0.459. The quantitative estimate of drug-likeness (QED) is 0.666. The van der Waals surface area contributed by atoms with Crippen molar-refractivity contribution >= 4 is 39.9 Å². The Morgan fingerprint density at radius 3 is 2.73 bits per heavy atom. The van der Waals surface area contributed by atoms with Crippen LogP contribution in [0.2, 0.25) is 5.02 Å². The summed E-state index contributed by atoms with van der Waals surface area (Å²) in [5.41, 5.74) is 6.16. The number of Topliss-reactive ketones (excluding diaryl/α,β-unsaturated/α-hetero) is 1. The normalized spacial score (nSPS) is 10.7. The Labute approximate surface area is 153 Å². The van der Waals surface area contributed by atoms with E-state index in [0.29, 0.717) is 27.2 Å². The van der Waals surface area contributed by atoms with E-state index in [-0.39, 0.29) is 24.4 Å². The monoisotopic (exact) mass is 370 g/mol. The average Bonchev–Trinajstić information content (AvgIpc) is 2.64.